The van der Waals surface area contributed by atoms with Gasteiger partial charge >= 0.3 is 0 Å². The minimum Gasteiger partial charge on any atom is -0.618 e. The molecule has 0 radical (unpaired) electrons. The average Bonchev–Trinajstić information content (AvgIpc) is 2.51. The van der Waals surface area contributed by atoms with E-state index in [1.807, 2.05) is 6.07 Å². The average molecular weight is 406 g/mol. The van der Waals surface area contributed by atoms with Gasteiger partial charge in [-0.3, -0.25) is 0 Å². The molecular weight excluding hydrogens is 390 g/mol. The van der Waals surface area contributed by atoms with Crippen molar-refractivity contribution in [2.45, 2.75) is 26.4 Å². The summed E-state index contributed by atoms with van der Waals surface area (Å²) in [5, 5.41) is 45.6. The Morgan fingerprint density at radius 1 is 1.32 bits per heavy atom. The van der Waals surface area contributed by atoms with E-state index >= 15 is 0 Å². The number of halogens is 1. The summed E-state index contributed by atoms with van der Waals surface area (Å²) in [6.07, 6.45) is 1.19. The van der Waals surface area contributed by atoms with Gasteiger partial charge in [-0.25, -0.2) is 0 Å². The van der Waals surface area contributed by atoms with Crippen LogP contribution in [0.1, 0.15) is 37.6 Å². The number of aromatic nitrogens is 1. The molecule has 2 rings (SSSR count). The van der Waals surface area contributed by atoms with Gasteiger partial charge in [0.25, 0.3) is 5.69 Å². The molecule has 1 heterocycles. The summed E-state index contributed by atoms with van der Waals surface area (Å²) in [5.41, 5.74) is -0.571. The highest BCUT2D eigenvalue weighted by molar-refractivity contribution is 9.10. The van der Waals surface area contributed by atoms with Crippen molar-refractivity contribution in [3.8, 4) is 17.6 Å². The van der Waals surface area contributed by atoms with Crippen LogP contribution in [-0.2, 0) is 4.84 Å². The number of nitriles is 1. The van der Waals surface area contributed by atoms with E-state index in [0.29, 0.717) is 9.20 Å². The molecule has 0 aliphatic heterocycles. The molecule has 0 saturated carbocycles. The van der Waals surface area contributed by atoms with E-state index in [2.05, 4.69) is 21.1 Å². The van der Waals surface area contributed by atoms with Gasteiger partial charge in [0.15, 0.2) is 17.7 Å². The fraction of sp³-hybridized carbons (Fsp3) is 0.235. The fourth-order valence-corrected chi connectivity index (χ4v) is 2.38. The molecule has 2 aromatic rings. The predicted octanol–water partition coefficient (Wildman–Crippen LogP) is 2.93. The Bertz CT molecular complexity index is 862. The van der Waals surface area contributed by atoms with Crippen molar-refractivity contribution in [3.63, 3.8) is 0 Å². The Morgan fingerprint density at radius 2 is 2.00 bits per heavy atom. The molecule has 0 aliphatic rings. The van der Waals surface area contributed by atoms with Crippen LogP contribution in [0.15, 0.2) is 40.1 Å². The molecule has 0 amide bonds. The van der Waals surface area contributed by atoms with Crippen molar-refractivity contribution in [3.05, 3.63) is 57.0 Å². The SMILES string of the molecule is CC(C)(C)ON=C(c1cc(Br)c(C#N)cc1O)c1c(O)ccc[n+]1[O-]. The van der Waals surface area contributed by atoms with E-state index in [0.717, 1.165) is 0 Å². The zero-order valence-corrected chi connectivity index (χ0v) is 15.4. The molecule has 0 bridgehead atoms. The maximum atomic E-state index is 12.2. The molecule has 2 N–H and O–H groups in total. The lowest BCUT2D eigenvalue weighted by atomic mass is 10.0. The Hall–Kier alpha value is -2.79. The number of rotatable bonds is 3. The summed E-state index contributed by atoms with van der Waals surface area (Å²) in [7, 11) is 0. The molecule has 0 fully saturated rings. The van der Waals surface area contributed by atoms with Crippen LogP contribution in [0, 0.1) is 16.5 Å². The monoisotopic (exact) mass is 405 g/mol. The number of oxime groups is 1. The zero-order valence-electron chi connectivity index (χ0n) is 13.8. The minimum absolute atomic E-state index is 0.0642. The molecule has 25 heavy (non-hydrogen) atoms. The Labute approximate surface area is 153 Å². The minimum atomic E-state index is -0.664. The van der Waals surface area contributed by atoms with Crippen molar-refractivity contribution in [2.75, 3.05) is 0 Å². The topological polar surface area (TPSA) is 113 Å². The number of phenols is 1. The first-order chi connectivity index (χ1) is 11.6. The number of hydrogen-bond donors (Lipinski definition) is 2. The maximum Gasteiger partial charge on any atom is 0.288 e. The number of phenolic OH excluding ortho intramolecular Hbond substituents is 1. The molecule has 0 atom stereocenters. The van der Waals surface area contributed by atoms with Crippen molar-refractivity contribution in [1.29, 1.82) is 5.26 Å². The highest BCUT2D eigenvalue weighted by atomic mass is 79.9. The molecular formula is C17H16BrN3O4. The van der Waals surface area contributed by atoms with E-state index in [9.17, 15) is 15.4 Å². The van der Waals surface area contributed by atoms with Gasteiger partial charge in [-0.15, -0.1) is 0 Å². The maximum absolute atomic E-state index is 12.2. The number of pyridine rings is 1. The molecule has 0 aliphatic carbocycles. The summed E-state index contributed by atoms with van der Waals surface area (Å²) >= 11 is 3.23. The van der Waals surface area contributed by atoms with Gasteiger partial charge in [-0.05, 0) is 54.9 Å². The van der Waals surface area contributed by atoms with Crippen LogP contribution < -0.4 is 4.73 Å². The van der Waals surface area contributed by atoms with Crippen molar-refractivity contribution >= 4 is 21.6 Å². The second kappa shape index (κ2) is 6.99. The summed E-state index contributed by atoms with van der Waals surface area (Å²) in [6.45, 7) is 5.29. The third kappa shape index (κ3) is 4.19. The van der Waals surface area contributed by atoms with Crippen LogP contribution >= 0.6 is 15.9 Å². The summed E-state index contributed by atoms with van der Waals surface area (Å²) in [6, 6.07) is 7.30. The van der Waals surface area contributed by atoms with Crippen LogP contribution in [0.2, 0.25) is 0 Å². The lowest BCUT2D eigenvalue weighted by Crippen LogP contribution is -2.35. The van der Waals surface area contributed by atoms with E-state index in [4.69, 9.17) is 10.1 Å². The third-order valence-electron chi connectivity index (χ3n) is 3.03. The number of aromatic hydroxyl groups is 2. The smallest absolute Gasteiger partial charge is 0.288 e. The van der Waals surface area contributed by atoms with Crippen LogP contribution in [0.5, 0.6) is 11.5 Å². The van der Waals surface area contributed by atoms with Crippen LogP contribution in [-0.4, -0.2) is 21.5 Å². The molecule has 0 unspecified atom stereocenters. The number of nitrogens with zero attached hydrogens (tertiary/aromatic N) is 3. The Morgan fingerprint density at radius 3 is 2.56 bits per heavy atom. The van der Waals surface area contributed by atoms with Gasteiger partial charge in [0, 0.05) is 10.5 Å². The highest BCUT2D eigenvalue weighted by Crippen LogP contribution is 2.30. The molecule has 1 aromatic heterocycles. The van der Waals surface area contributed by atoms with Gasteiger partial charge < -0.3 is 20.3 Å². The standard InChI is InChI=1S/C17H16BrN3O4/c1-17(2,3)25-20-15(16-13(22)5-4-6-21(16)24)11-8-12(18)10(9-19)7-14(11)23/h4-8,22-23H,1-3H3. The zero-order chi connectivity index (χ0) is 18.8. The first-order valence-corrected chi connectivity index (χ1v) is 8.04. The molecule has 0 saturated heterocycles. The van der Waals surface area contributed by atoms with Gasteiger partial charge in [-0.1, -0.05) is 5.16 Å². The first kappa shape index (κ1) is 18.5. The molecule has 8 heteroatoms. The highest BCUT2D eigenvalue weighted by Gasteiger charge is 2.26. The van der Waals surface area contributed by atoms with E-state index in [1.165, 1.54) is 30.5 Å². The Kier molecular flexibility index (Phi) is 5.18. The van der Waals surface area contributed by atoms with Crippen LogP contribution in [0.3, 0.4) is 0 Å². The number of hydrogen-bond acceptors (Lipinski definition) is 6. The predicted molar refractivity (Wildman–Crippen MR) is 94.1 cm³/mol. The van der Waals surface area contributed by atoms with Crippen molar-refractivity contribution in [2.24, 2.45) is 5.16 Å². The molecule has 1 aromatic carbocycles. The van der Waals surface area contributed by atoms with Gasteiger partial charge in [0.05, 0.1) is 11.1 Å². The van der Waals surface area contributed by atoms with Gasteiger partial charge in [0.2, 0.25) is 0 Å². The quantitative estimate of drug-likeness (QED) is 0.352. The summed E-state index contributed by atoms with van der Waals surface area (Å²) in [4.78, 5) is 5.39. The van der Waals surface area contributed by atoms with Gasteiger partial charge in [0.1, 0.15) is 17.4 Å². The third-order valence-corrected chi connectivity index (χ3v) is 3.69. The van der Waals surface area contributed by atoms with E-state index < -0.39 is 5.60 Å². The van der Waals surface area contributed by atoms with Crippen LogP contribution in [0.4, 0.5) is 0 Å². The molecule has 130 valence electrons. The largest absolute Gasteiger partial charge is 0.618 e. The first-order valence-electron chi connectivity index (χ1n) is 7.24. The second-order valence-corrected chi connectivity index (χ2v) is 7.03. The Balaban J connectivity index is 2.74. The van der Waals surface area contributed by atoms with Crippen molar-refractivity contribution in [1.82, 2.24) is 0 Å². The van der Waals surface area contributed by atoms with Crippen LogP contribution in [0.25, 0.3) is 0 Å². The number of benzene rings is 1. The lowest BCUT2D eigenvalue weighted by molar-refractivity contribution is -0.607. The van der Waals surface area contributed by atoms with E-state index in [-0.39, 0.29) is 34.0 Å². The van der Waals surface area contributed by atoms with Gasteiger partial charge in [-0.2, -0.15) is 9.99 Å². The second-order valence-electron chi connectivity index (χ2n) is 6.17. The lowest BCUT2D eigenvalue weighted by Gasteiger charge is -2.17. The normalized spacial score (nSPS) is 11.9. The molecule has 7 nitrogen and oxygen atoms in total. The summed E-state index contributed by atoms with van der Waals surface area (Å²) < 4.78 is 0.824. The van der Waals surface area contributed by atoms with E-state index in [1.54, 1.807) is 20.8 Å². The summed E-state index contributed by atoms with van der Waals surface area (Å²) in [5.74, 6) is -0.604. The molecule has 0 spiro atoms. The van der Waals surface area contributed by atoms with Crippen molar-refractivity contribution < 1.29 is 19.8 Å². The fourth-order valence-electron chi connectivity index (χ4n) is 1.94.